The van der Waals surface area contributed by atoms with Gasteiger partial charge in [0, 0.05) is 0 Å². The van der Waals surface area contributed by atoms with E-state index >= 15 is 0 Å². The SMILES string of the molecule is COc1ccccc1OC1CC(C)CCC1O. The number of rotatable bonds is 3. The third kappa shape index (κ3) is 2.91. The van der Waals surface area contributed by atoms with E-state index in [1.54, 1.807) is 7.11 Å². The summed E-state index contributed by atoms with van der Waals surface area (Å²) in [6.07, 6.45) is 2.32. The van der Waals surface area contributed by atoms with Gasteiger partial charge in [0.2, 0.25) is 0 Å². The molecule has 0 heterocycles. The maximum atomic E-state index is 9.95. The molecule has 3 heteroatoms. The summed E-state index contributed by atoms with van der Waals surface area (Å²) in [5.74, 6) is 2.05. The Morgan fingerprint density at radius 1 is 1.18 bits per heavy atom. The highest BCUT2D eigenvalue weighted by atomic mass is 16.5. The van der Waals surface area contributed by atoms with Crippen LogP contribution in [-0.4, -0.2) is 24.4 Å². The van der Waals surface area contributed by atoms with Crippen LogP contribution < -0.4 is 9.47 Å². The van der Waals surface area contributed by atoms with Crippen molar-refractivity contribution >= 4 is 0 Å². The minimum atomic E-state index is -0.365. The molecule has 3 atom stereocenters. The zero-order valence-electron chi connectivity index (χ0n) is 10.4. The fourth-order valence-corrected chi connectivity index (χ4v) is 2.32. The van der Waals surface area contributed by atoms with Crippen LogP contribution in [0.3, 0.4) is 0 Å². The largest absolute Gasteiger partial charge is 0.493 e. The Balaban J connectivity index is 2.08. The number of para-hydroxylation sites is 2. The molecule has 0 radical (unpaired) electrons. The van der Waals surface area contributed by atoms with E-state index in [0.29, 0.717) is 11.7 Å². The molecule has 94 valence electrons. The molecule has 17 heavy (non-hydrogen) atoms. The van der Waals surface area contributed by atoms with Gasteiger partial charge in [-0.25, -0.2) is 0 Å². The van der Waals surface area contributed by atoms with Gasteiger partial charge in [-0.2, -0.15) is 0 Å². The fraction of sp³-hybridized carbons (Fsp3) is 0.571. The number of hydrogen-bond donors (Lipinski definition) is 1. The molecule has 1 saturated carbocycles. The van der Waals surface area contributed by atoms with Crippen molar-refractivity contribution in [3.8, 4) is 11.5 Å². The summed E-state index contributed by atoms with van der Waals surface area (Å²) in [6.45, 7) is 2.20. The molecule has 0 spiro atoms. The Hall–Kier alpha value is -1.22. The second-order valence-corrected chi connectivity index (χ2v) is 4.79. The van der Waals surface area contributed by atoms with Crippen molar-refractivity contribution in [1.29, 1.82) is 0 Å². The molecular weight excluding hydrogens is 216 g/mol. The molecule has 3 nitrogen and oxygen atoms in total. The molecule has 0 amide bonds. The maximum absolute atomic E-state index is 9.95. The third-order valence-electron chi connectivity index (χ3n) is 3.37. The predicted octanol–water partition coefficient (Wildman–Crippen LogP) is 2.62. The molecule has 0 aromatic heterocycles. The van der Waals surface area contributed by atoms with Crippen LogP contribution >= 0.6 is 0 Å². The van der Waals surface area contributed by atoms with Gasteiger partial charge in [0.05, 0.1) is 13.2 Å². The van der Waals surface area contributed by atoms with Crippen LogP contribution in [0.1, 0.15) is 26.2 Å². The smallest absolute Gasteiger partial charge is 0.161 e. The molecular formula is C14H20O3. The van der Waals surface area contributed by atoms with E-state index in [1.165, 1.54) is 0 Å². The van der Waals surface area contributed by atoms with Gasteiger partial charge in [0.1, 0.15) is 6.10 Å². The number of methoxy groups -OCH3 is 1. The monoisotopic (exact) mass is 236 g/mol. The Bertz CT molecular complexity index is 364. The van der Waals surface area contributed by atoms with Crippen LogP contribution in [0.15, 0.2) is 24.3 Å². The van der Waals surface area contributed by atoms with E-state index in [1.807, 2.05) is 24.3 Å². The van der Waals surface area contributed by atoms with Crippen LogP contribution in [0, 0.1) is 5.92 Å². The van der Waals surface area contributed by atoms with Crippen LogP contribution in [0.4, 0.5) is 0 Å². The molecule has 2 rings (SSSR count). The first-order chi connectivity index (χ1) is 8.20. The molecule has 0 aliphatic heterocycles. The van der Waals surface area contributed by atoms with Gasteiger partial charge in [-0.15, -0.1) is 0 Å². The van der Waals surface area contributed by atoms with Crippen LogP contribution in [0.2, 0.25) is 0 Å². The van der Waals surface area contributed by atoms with Crippen molar-refractivity contribution in [3.05, 3.63) is 24.3 Å². The normalized spacial score (nSPS) is 28.8. The third-order valence-corrected chi connectivity index (χ3v) is 3.37. The van der Waals surface area contributed by atoms with Crippen molar-refractivity contribution in [1.82, 2.24) is 0 Å². The van der Waals surface area contributed by atoms with Gasteiger partial charge >= 0.3 is 0 Å². The highest BCUT2D eigenvalue weighted by molar-refractivity contribution is 5.39. The first-order valence-electron chi connectivity index (χ1n) is 6.18. The average molecular weight is 236 g/mol. The maximum Gasteiger partial charge on any atom is 0.161 e. The van der Waals surface area contributed by atoms with E-state index < -0.39 is 0 Å². The van der Waals surface area contributed by atoms with Crippen molar-refractivity contribution in [2.24, 2.45) is 5.92 Å². The Morgan fingerprint density at radius 3 is 2.59 bits per heavy atom. The van der Waals surface area contributed by atoms with Crippen molar-refractivity contribution in [2.45, 2.75) is 38.4 Å². The van der Waals surface area contributed by atoms with Crippen LogP contribution in [0.5, 0.6) is 11.5 Å². The number of aliphatic hydroxyl groups is 1. The van der Waals surface area contributed by atoms with Crippen molar-refractivity contribution in [2.75, 3.05) is 7.11 Å². The second kappa shape index (κ2) is 5.41. The first-order valence-corrected chi connectivity index (χ1v) is 6.18. The number of aliphatic hydroxyl groups excluding tert-OH is 1. The fourth-order valence-electron chi connectivity index (χ4n) is 2.32. The predicted molar refractivity (Wildman–Crippen MR) is 66.4 cm³/mol. The number of benzene rings is 1. The molecule has 0 bridgehead atoms. The van der Waals surface area contributed by atoms with E-state index in [9.17, 15) is 5.11 Å². The molecule has 1 aromatic rings. The molecule has 1 aliphatic carbocycles. The Labute approximate surface area is 102 Å². The zero-order valence-corrected chi connectivity index (χ0v) is 10.4. The van der Waals surface area contributed by atoms with Crippen LogP contribution in [-0.2, 0) is 0 Å². The van der Waals surface area contributed by atoms with Gasteiger partial charge in [0.15, 0.2) is 11.5 Å². The Kier molecular flexibility index (Phi) is 3.89. The summed E-state index contributed by atoms with van der Waals surface area (Å²) < 4.78 is 11.1. The summed E-state index contributed by atoms with van der Waals surface area (Å²) >= 11 is 0. The molecule has 0 saturated heterocycles. The minimum Gasteiger partial charge on any atom is -0.493 e. The lowest BCUT2D eigenvalue weighted by Gasteiger charge is -2.32. The van der Waals surface area contributed by atoms with Crippen LogP contribution in [0.25, 0.3) is 0 Å². The zero-order chi connectivity index (χ0) is 12.3. The lowest BCUT2D eigenvalue weighted by atomic mass is 9.86. The average Bonchev–Trinajstić information content (AvgIpc) is 2.34. The summed E-state index contributed by atoms with van der Waals surface area (Å²) in [4.78, 5) is 0. The quantitative estimate of drug-likeness (QED) is 0.876. The van der Waals surface area contributed by atoms with Gasteiger partial charge in [-0.3, -0.25) is 0 Å². The van der Waals surface area contributed by atoms with Gasteiger partial charge in [0.25, 0.3) is 0 Å². The second-order valence-electron chi connectivity index (χ2n) is 4.79. The van der Waals surface area contributed by atoms with Crippen molar-refractivity contribution in [3.63, 3.8) is 0 Å². The molecule has 1 fully saturated rings. The van der Waals surface area contributed by atoms with E-state index in [-0.39, 0.29) is 12.2 Å². The molecule has 1 aromatic carbocycles. The standard InChI is InChI=1S/C14H20O3/c1-10-7-8-11(15)14(9-10)17-13-6-4-3-5-12(13)16-2/h3-6,10-11,14-15H,7-9H2,1-2H3. The van der Waals surface area contributed by atoms with E-state index in [4.69, 9.17) is 9.47 Å². The van der Waals surface area contributed by atoms with Gasteiger partial charge in [-0.1, -0.05) is 19.1 Å². The molecule has 3 unspecified atom stereocenters. The summed E-state index contributed by atoms with van der Waals surface area (Å²) in [5, 5.41) is 9.95. The van der Waals surface area contributed by atoms with E-state index in [0.717, 1.165) is 25.0 Å². The lowest BCUT2D eigenvalue weighted by molar-refractivity contribution is -0.00864. The number of hydrogen-bond acceptors (Lipinski definition) is 3. The molecule has 1 N–H and O–H groups in total. The van der Waals surface area contributed by atoms with Crippen molar-refractivity contribution < 1.29 is 14.6 Å². The highest BCUT2D eigenvalue weighted by Gasteiger charge is 2.29. The Morgan fingerprint density at radius 2 is 1.88 bits per heavy atom. The van der Waals surface area contributed by atoms with E-state index in [2.05, 4.69) is 6.92 Å². The highest BCUT2D eigenvalue weighted by Crippen LogP contribution is 2.32. The number of ether oxygens (including phenoxy) is 2. The minimum absolute atomic E-state index is 0.116. The summed E-state index contributed by atoms with van der Waals surface area (Å²) in [6, 6.07) is 7.57. The topological polar surface area (TPSA) is 38.7 Å². The summed E-state index contributed by atoms with van der Waals surface area (Å²) in [7, 11) is 1.63. The van der Waals surface area contributed by atoms with Gasteiger partial charge in [-0.05, 0) is 37.3 Å². The molecule has 1 aliphatic rings. The first kappa shape index (κ1) is 12.2. The lowest BCUT2D eigenvalue weighted by Crippen LogP contribution is -2.37. The van der Waals surface area contributed by atoms with Gasteiger partial charge < -0.3 is 14.6 Å². The summed E-state index contributed by atoms with van der Waals surface area (Å²) in [5.41, 5.74) is 0.